The summed E-state index contributed by atoms with van der Waals surface area (Å²) < 4.78 is 0. The molecule has 3 rings (SSSR count). The molecule has 1 amide bonds. The predicted octanol–water partition coefficient (Wildman–Crippen LogP) is 4.03. The molecule has 128 valence electrons. The summed E-state index contributed by atoms with van der Waals surface area (Å²) in [6.07, 6.45) is 1.67. The van der Waals surface area contributed by atoms with Gasteiger partial charge in [-0.2, -0.15) is 5.48 Å². The summed E-state index contributed by atoms with van der Waals surface area (Å²) in [6.45, 7) is 0. The number of nitrogens with one attached hydrogen (secondary N) is 2. The molecule has 0 radical (unpaired) electrons. The summed E-state index contributed by atoms with van der Waals surface area (Å²) in [7, 11) is 0. The zero-order chi connectivity index (χ0) is 17.6. The normalized spacial score (nSPS) is 10.6. The zero-order valence-electron chi connectivity index (χ0n) is 13.4. The first kappa shape index (κ1) is 17.0. The van der Waals surface area contributed by atoms with Crippen molar-refractivity contribution in [3.05, 3.63) is 70.9 Å². The number of aryl methyl sites for hydroxylation is 1. The van der Waals surface area contributed by atoms with Crippen LogP contribution < -0.4 is 5.48 Å². The molecular formula is C19H17ClN2O3. The van der Waals surface area contributed by atoms with Gasteiger partial charge in [-0.1, -0.05) is 41.9 Å². The van der Waals surface area contributed by atoms with E-state index in [2.05, 4.69) is 10.5 Å². The fourth-order valence-electron chi connectivity index (χ4n) is 2.52. The molecule has 0 fully saturated rings. The van der Waals surface area contributed by atoms with Crippen LogP contribution in [0.5, 0.6) is 0 Å². The standard InChI is InChI=1S/C19H17ClN2O3/c20-15-9-10-16-14(11-15)12-17(21-16)19(24)22-25-18(23)8-4-7-13-5-2-1-3-6-13/h1-3,5-6,9-12,21H,4,7-8H2,(H,22,24). The van der Waals surface area contributed by atoms with Crippen LogP contribution in [0.2, 0.25) is 5.02 Å². The fourth-order valence-corrected chi connectivity index (χ4v) is 2.70. The second kappa shape index (κ2) is 7.85. The minimum absolute atomic E-state index is 0.234. The number of fused-ring (bicyclic) bond motifs is 1. The van der Waals surface area contributed by atoms with Crippen LogP contribution in [0.1, 0.15) is 28.9 Å². The molecule has 1 heterocycles. The number of rotatable bonds is 5. The molecule has 2 aromatic carbocycles. The maximum Gasteiger partial charge on any atom is 0.332 e. The lowest BCUT2D eigenvalue weighted by Crippen LogP contribution is -2.27. The first-order valence-electron chi connectivity index (χ1n) is 7.94. The predicted molar refractivity (Wildman–Crippen MR) is 96.2 cm³/mol. The summed E-state index contributed by atoms with van der Waals surface area (Å²) in [5.41, 5.74) is 4.41. The van der Waals surface area contributed by atoms with Crippen LogP contribution in [0.25, 0.3) is 10.9 Å². The summed E-state index contributed by atoms with van der Waals surface area (Å²) in [4.78, 5) is 31.5. The molecule has 3 aromatic rings. The highest BCUT2D eigenvalue weighted by Gasteiger charge is 2.12. The fraction of sp³-hybridized carbons (Fsp3) is 0.158. The Morgan fingerprint density at radius 1 is 1.08 bits per heavy atom. The average Bonchev–Trinajstić information content (AvgIpc) is 3.04. The van der Waals surface area contributed by atoms with E-state index in [1.807, 2.05) is 30.3 Å². The van der Waals surface area contributed by atoms with Crippen molar-refractivity contribution in [3.8, 4) is 0 Å². The summed E-state index contributed by atoms with van der Waals surface area (Å²) in [5, 5.41) is 1.40. The van der Waals surface area contributed by atoms with Gasteiger partial charge >= 0.3 is 5.97 Å². The molecule has 0 unspecified atom stereocenters. The molecule has 2 N–H and O–H groups in total. The van der Waals surface area contributed by atoms with Gasteiger partial charge in [-0.05, 0) is 42.7 Å². The monoisotopic (exact) mass is 356 g/mol. The molecule has 0 saturated carbocycles. The lowest BCUT2D eigenvalue weighted by molar-refractivity contribution is -0.149. The number of benzene rings is 2. The summed E-state index contributed by atoms with van der Waals surface area (Å²) in [5.74, 6) is -0.979. The lowest BCUT2D eigenvalue weighted by atomic mass is 10.1. The maximum absolute atomic E-state index is 12.0. The Kier molecular flexibility index (Phi) is 5.36. The number of H-pyrrole nitrogens is 1. The smallest absolute Gasteiger partial charge is 0.332 e. The van der Waals surface area contributed by atoms with Gasteiger partial charge in [0.15, 0.2) is 0 Å². The number of amides is 1. The van der Waals surface area contributed by atoms with Gasteiger partial charge < -0.3 is 9.82 Å². The Bertz CT molecular complexity index is 890. The number of hydrogen-bond acceptors (Lipinski definition) is 3. The van der Waals surface area contributed by atoms with Gasteiger partial charge in [0.25, 0.3) is 5.91 Å². The van der Waals surface area contributed by atoms with E-state index in [-0.39, 0.29) is 6.42 Å². The van der Waals surface area contributed by atoms with Crippen LogP contribution in [0.4, 0.5) is 0 Å². The van der Waals surface area contributed by atoms with Gasteiger partial charge in [0.2, 0.25) is 0 Å². The largest absolute Gasteiger partial charge is 0.350 e. The van der Waals surface area contributed by atoms with E-state index in [4.69, 9.17) is 16.4 Å². The van der Waals surface area contributed by atoms with Gasteiger partial charge in [-0.15, -0.1) is 0 Å². The van der Waals surface area contributed by atoms with Gasteiger partial charge in [0.1, 0.15) is 5.69 Å². The summed E-state index contributed by atoms with van der Waals surface area (Å²) >= 11 is 5.92. The third kappa shape index (κ3) is 4.61. The number of halogens is 1. The van der Waals surface area contributed by atoms with Crippen molar-refractivity contribution in [2.45, 2.75) is 19.3 Å². The highest BCUT2D eigenvalue weighted by molar-refractivity contribution is 6.31. The van der Waals surface area contributed by atoms with E-state index in [9.17, 15) is 9.59 Å². The Labute approximate surface area is 149 Å². The molecule has 5 nitrogen and oxygen atoms in total. The van der Waals surface area contributed by atoms with Gasteiger partial charge in [0, 0.05) is 22.3 Å². The minimum Gasteiger partial charge on any atom is -0.350 e. The first-order valence-corrected chi connectivity index (χ1v) is 8.32. The Morgan fingerprint density at radius 3 is 2.68 bits per heavy atom. The molecule has 0 saturated heterocycles. The number of aromatic amines is 1. The third-order valence-corrected chi connectivity index (χ3v) is 4.01. The van der Waals surface area contributed by atoms with E-state index >= 15 is 0 Å². The second-order valence-electron chi connectivity index (χ2n) is 5.66. The van der Waals surface area contributed by atoms with E-state index in [0.717, 1.165) is 22.9 Å². The lowest BCUT2D eigenvalue weighted by Gasteiger charge is -2.05. The van der Waals surface area contributed by atoms with Crippen molar-refractivity contribution >= 4 is 34.4 Å². The van der Waals surface area contributed by atoms with E-state index < -0.39 is 11.9 Å². The van der Waals surface area contributed by atoms with Gasteiger partial charge in [0.05, 0.1) is 0 Å². The second-order valence-corrected chi connectivity index (χ2v) is 6.10. The van der Waals surface area contributed by atoms with Crippen molar-refractivity contribution in [3.63, 3.8) is 0 Å². The van der Waals surface area contributed by atoms with Crippen LogP contribution in [0.15, 0.2) is 54.6 Å². The number of carbonyl (C=O) groups is 2. The topological polar surface area (TPSA) is 71.2 Å². The SMILES string of the molecule is O=C(CCCc1ccccc1)ONC(=O)c1cc2cc(Cl)ccc2[nH]1. The minimum atomic E-state index is -0.510. The maximum atomic E-state index is 12.0. The van der Waals surface area contributed by atoms with Gasteiger partial charge in [-0.25, -0.2) is 4.79 Å². The molecule has 1 aromatic heterocycles. The molecule has 0 aliphatic rings. The molecular weight excluding hydrogens is 340 g/mol. The van der Waals surface area contributed by atoms with Crippen molar-refractivity contribution in [1.29, 1.82) is 0 Å². The van der Waals surface area contributed by atoms with Gasteiger partial charge in [-0.3, -0.25) is 4.79 Å². The van der Waals surface area contributed by atoms with Crippen molar-refractivity contribution in [2.24, 2.45) is 0 Å². The number of hydroxylamine groups is 1. The highest BCUT2D eigenvalue weighted by atomic mass is 35.5. The van der Waals surface area contributed by atoms with E-state index in [1.54, 1.807) is 24.3 Å². The molecule has 0 atom stereocenters. The Balaban J connectivity index is 1.46. The Hall–Kier alpha value is -2.79. The quantitative estimate of drug-likeness (QED) is 0.678. The number of hydrogen-bond donors (Lipinski definition) is 2. The molecule has 0 spiro atoms. The molecule has 25 heavy (non-hydrogen) atoms. The molecule has 6 heteroatoms. The Morgan fingerprint density at radius 2 is 1.88 bits per heavy atom. The van der Waals surface area contributed by atoms with Crippen LogP contribution in [-0.4, -0.2) is 16.9 Å². The van der Waals surface area contributed by atoms with Crippen LogP contribution in [0, 0.1) is 0 Å². The first-order chi connectivity index (χ1) is 12.1. The van der Waals surface area contributed by atoms with Crippen molar-refractivity contribution < 1.29 is 14.4 Å². The number of aromatic nitrogens is 1. The zero-order valence-corrected chi connectivity index (χ0v) is 14.2. The van der Waals surface area contributed by atoms with Crippen molar-refractivity contribution in [1.82, 2.24) is 10.5 Å². The third-order valence-electron chi connectivity index (χ3n) is 3.77. The molecule has 0 aliphatic carbocycles. The van der Waals surface area contributed by atoms with E-state index in [0.29, 0.717) is 17.1 Å². The number of carbonyl (C=O) groups excluding carboxylic acids is 2. The molecule has 0 bridgehead atoms. The average molecular weight is 357 g/mol. The van der Waals surface area contributed by atoms with Crippen molar-refractivity contribution in [2.75, 3.05) is 0 Å². The molecule has 0 aliphatic heterocycles. The van der Waals surface area contributed by atoms with E-state index in [1.165, 1.54) is 0 Å². The van der Waals surface area contributed by atoms with Crippen LogP contribution >= 0.6 is 11.6 Å². The van der Waals surface area contributed by atoms with Crippen LogP contribution in [0.3, 0.4) is 0 Å². The highest BCUT2D eigenvalue weighted by Crippen LogP contribution is 2.20. The summed E-state index contributed by atoms with van der Waals surface area (Å²) in [6, 6.07) is 16.8. The van der Waals surface area contributed by atoms with Crippen LogP contribution in [-0.2, 0) is 16.1 Å².